The molecule has 0 fully saturated rings. The fourth-order valence-corrected chi connectivity index (χ4v) is 1.79. The van der Waals surface area contributed by atoms with Crippen LogP contribution in [0.1, 0.15) is 16.1 Å². The lowest BCUT2D eigenvalue weighted by atomic mass is 10.1. The van der Waals surface area contributed by atoms with Crippen LogP contribution in [-0.2, 0) is 6.42 Å². The van der Waals surface area contributed by atoms with E-state index in [9.17, 15) is 9.18 Å². The van der Waals surface area contributed by atoms with Gasteiger partial charge in [0.2, 0.25) is 0 Å². The lowest BCUT2D eigenvalue weighted by Gasteiger charge is -2.04. The van der Waals surface area contributed by atoms with Gasteiger partial charge in [0.05, 0.1) is 10.0 Å². The predicted molar refractivity (Wildman–Crippen MR) is 68.7 cm³/mol. The Kier molecular flexibility index (Phi) is 3.94. The second-order valence-electron chi connectivity index (χ2n) is 3.67. The molecule has 0 N–H and O–H groups in total. The first kappa shape index (κ1) is 13.0. The van der Waals surface area contributed by atoms with Gasteiger partial charge in [0.15, 0.2) is 5.78 Å². The lowest BCUT2D eigenvalue weighted by Crippen LogP contribution is -2.06. The van der Waals surface area contributed by atoms with Crippen LogP contribution in [0.2, 0.25) is 10.0 Å². The first-order chi connectivity index (χ1) is 8.58. The van der Waals surface area contributed by atoms with Gasteiger partial charge in [-0.1, -0.05) is 35.3 Å². The van der Waals surface area contributed by atoms with Gasteiger partial charge in [-0.3, -0.25) is 9.78 Å². The fraction of sp³-hybridized carbons (Fsp3) is 0.0769. The molecule has 0 saturated heterocycles. The number of nitrogens with zero attached hydrogens (tertiary/aromatic N) is 1. The van der Waals surface area contributed by atoms with Gasteiger partial charge in [0, 0.05) is 12.6 Å². The Morgan fingerprint density at radius 3 is 2.67 bits per heavy atom. The number of Topliss-reactive ketones (excluding diaryl/α,β-unsaturated/α-hetero) is 1. The second kappa shape index (κ2) is 5.46. The first-order valence-electron chi connectivity index (χ1n) is 5.15. The Bertz CT molecular complexity index is 584. The van der Waals surface area contributed by atoms with Crippen molar-refractivity contribution in [3.05, 3.63) is 63.6 Å². The van der Waals surface area contributed by atoms with Crippen molar-refractivity contribution in [2.24, 2.45) is 0 Å². The minimum Gasteiger partial charge on any atom is -0.292 e. The molecule has 18 heavy (non-hydrogen) atoms. The number of benzene rings is 1. The maximum Gasteiger partial charge on any atom is 0.185 e. The number of hydrogen-bond donors (Lipinski definition) is 0. The van der Waals surface area contributed by atoms with Crippen LogP contribution in [0.4, 0.5) is 4.39 Å². The van der Waals surface area contributed by atoms with Gasteiger partial charge in [-0.2, -0.15) is 0 Å². The molecular weight excluding hydrogens is 276 g/mol. The molecule has 0 spiro atoms. The van der Waals surface area contributed by atoms with Crippen LogP contribution in [-0.4, -0.2) is 10.8 Å². The Hall–Kier alpha value is -1.45. The summed E-state index contributed by atoms with van der Waals surface area (Å²) in [5, 5.41) is 0.426. The van der Waals surface area contributed by atoms with Gasteiger partial charge in [0.1, 0.15) is 11.5 Å². The average molecular weight is 284 g/mol. The number of pyridine rings is 1. The van der Waals surface area contributed by atoms with E-state index >= 15 is 0 Å². The molecule has 0 atom stereocenters. The minimum absolute atomic E-state index is 0.00518. The maximum atomic E-state index is 13.2. The summed E-state index contributed by atoms with van der Waals surface area (Å²) in [7, 11) is 0. The van der Waals surface area contributed by atoms with E-state index in [2.05, 4.69) is 4.98 Å². The van der Waals surface area contributed by atoms with E-state index in [0.29, 0.717) is 10.6 Å². The molecule has 2 nitrogen and oxygen atoms in total. The molecule has 0 aliphatic heterocycles. The van der Waals surface area contributed by atoms with Crippen LogP contribution in [0.15, 0.2) is 36.5 Å². The van der Waals surface area contributed by atoms with E-state index in [1.165, 1.54) is 24.4 Å². The largest absolute Gasteiger partial charge is 0.292 e. The molecule has 1 aromatic heterocycles. The number of aromatic nitrogens is 1. The zero-order chi connectivity index (χ0) is 13.1. The van der Waals surface area contributed by atoms with Crippen LogP contribution >= 0.6 is 23.2 Å². The molecule has 1 heterocycles. The van der Waals surface area contributed by atoms with Crippen molar-refractivity contribution in [1.82, 2.24) is 4.98 Å². The van der Waals surface area contributed by atoms with Gasteiger partial charge in [0.25, 0.3) is 0 Å². The number of ketones is 1. The highest BCUT2D eigenvalue weighted by Crippen LogP contribution is 2.21. The van der Waals surface area contributed by atoms with E-state index < -0.39 is 5.82 Å². The van der Waals surface area contributed by atoms with Crippen LogP contribution < -0.4 is 0 Å². The molecule has 0 aliphatic carbocycles. The van der Waals surface area contributed by atoms with Crippen LogP contribution in [0.3, 0.4) is 0 Å². The van der Waals surface area contributed by atoms with E-state index in [4.69, 9.17) is 23.2 Å². The van der Waals surface area contributed by atoms with Crippen molar-refractivity contribution >= 4 is 29.0 Å². The molecule has 0 amide bonds. The summed E-state index contributed by atoms with van der Waals surface area (Å²) in [6.07, 6.45) is 1.40. The third-order valence-electron chi connectivity index (χ3n) is 2.40. The summed E-state index contributed by atoms with van der Waals surface area (Å²) < 4.78 is 13.2. The van der Waals surface area contributed by atoms with Crippen molar-refractivity contribution in [3.63, 3.8) is 0 Å². The third kappa shape index (κ3) is 2.86. The van der Waals surface area contributed by atoms with Gasteiger partial charge in [-0.25, -0.2) is 4.39 Å². The van der Waals surface area contributed by atoms with Crippen LogP contribution in [0, 0.1) is 5.82 Å². The third-order valence-corrected chi connectivity index (χ3v) is 3.04. The second-order valence-corrected chi connectivity index (χ2v) is 4.49. The van der Waals surface area contributed by atoms with Gasteiger partial charge in [-0.15, -0.1) is 0 Å². The molecule has 1 aromatic carbocycles. The summed E-state index contributed by atoms with van der Waals surface area (Å²) >= 11 is 11.5. The number of carbonyl (C=O) groups excluding carboxylic acids is 1. The Balaban J connectivity index is 2.21. The zero-order valence-electron chi connectivity index (χ0n) is 9.16. The topological polar surface area (TPSA) is 30.0 Å². The monoisotopic (exact) mass is 283 g/mol. The predicted octanol–water partition coefficient (Wildman–Crippen LogP) is 3.95. The maximum absolute atomic E-state index is 13.2. The highest BCUT2D eigenvalue weighted by molar-refractivity contribution is 6.31. The summed E-state index contributed by atoms with van der Waals surface area (Å²) in [6.45, 7) is 0. The molecule has 92 valence electrons. The molecule has 2 aromatic rings. The summed E-state index contributed by atoms with van der Waals surface area (Å²) in [5.41, 5.74) is 0.721. The normalized spacial score (nSPS) is 10.4. The standard InChI is InChI=1S/C13H8Cl2FNO/c14-9-4-5-11(17-7-9)12(18)6-8-2-1-3-10(16)13(8)15/h1-5,7H,6H2. The Morgan fingerprint density at radius 2 is 2.00 bits per heavy atom. The van der Waals surface area contributed by atoms with Crippen molar-refractivity contribution < 1.29 is 9.18 Å². The Morgan fingerprint density at radius 1 is 1.22 bits per heavy atom. The molecule has 0 bridgehead atoms. The summed E-state index contributed by atoms with van der Waals surface area (Å²) in [6, 6.07) is 7.47. The van der Waals surface area contributed by atoms with Gasteiger partial charge in [-0.05, 0) is 23.8 Å². The van der Waals surface area contributed by atoms with Gasteiger partial charge >= 0.3 is 0 Å². The highest BCUT2D eigenvalue weighted by atomic mass is 35.5. The van der Waals surface area contributed by atoms with E-state index in [0.717, 1.165) is 0 Å². The quantitative estimate of drug-likeness (QED) is 0.799. The van der Waals surface area contributed by atoms with Crippen LogP contribution in [0.5, 0.6) is 0 Å². The molecular formula is C13H8Cl2FNO. The average Bonchev–Trinajstić information content (AvgIpc) is 2.36. The molecule has 0 unspecified atom stereocenters. The van der Waals surface area contributed by atoms with Crippen molar-refractivity contribution in [2.45, 2.75) is 6.42 Å². The number of rotatable bonds is 3. The van der Waals surface area contributed by atoms with Gasteiger partial charge < -0.3 is 0 Å². The summed E-state index contributed by atoms with van der Waals surface area (Å²) in [4.78, 5) is 15.8. The van der Waals surface area contributed by atoms with Crippen molar-refractivity contribution in [2.75, 3.05) is 0 Å². The molecule has 0 aliphatic rings. The smallest absolute Gasteiger partial charge is 0.185 e. The highest BCUT2D eigenvalue weighted by Gasteiger charge is 2.12. The van der Waals surface area contributed by atoms with E-state index in [1.807, 2.05) is 0 Å². The van der Waals surface area contributed by atoms with Crippen LogP contribution in [0.25, 0.3) is 0 Å². The summed E-state index contributed by atoms with van der Waals surface area (Å²) in [5.74, 6) is -0.773. The van der Waals surface area contributed by atoms with E-state index in [-0.39, 0.29) is 22.9 Å². The molecule has 0 radical (unpaired) electrons. The van der Waals surface area contributed by atoms with Crippen molar-refractivity contribution in [1.29, 1.82) is 0 Å². The fourth-order valence-electron chi connectivity index (χ4n) is 1.49. The SMILES string of the molecule is O=C(Cc1cccc(F)c1Cl)c1ccc(Cl)cn1. The zero-order valence-corrected chi connectivity index (χ0v) is 10.7. The minimum atomic E-state index is -0.536. The molecule has 2 rings (SSSR count). The molecule has 5 heteroatoms. The molecule has 0 saturated carbocycles. The lowest BCUT2D eigenvalue weighted by molar-refractivity contribution is 0.0988. The first-order valence-corrected chi connectivity index (χ1v) is 5.91. The number of halogens is 3. The Labute approximate surface area is 113 Å². The number of carbonyl (C=O) groups is 1. The number of hydrogen-bond acceptors (Lipinski definition) is 2. The van der Waals surface area contributed by atoms with E-state index in [1.54, 1.807) is 12.1 Å². The van der Waals surface area contributed by atoms with Crippen molar-refractivity contribution in [3.8, 4) is 0 Å².